The number of rotatable bonds is 12. The fourth-order valence-electron chi connectivity index (χ4n) is 10.5. The van der Waals surface area contributed by atoms with Crippen molar-refractivity contribution in [1.82, 2.24) is 77.2 Å². The number of H-pyrrole nitrogens is 4. The van der Waals surface area contributed by atoms with Crippen LogP contribution >= 0.6 is 0 Å². The highest BCUT2D eigenvalue weighted by Gasteiger charge is 2.30. The fraction of sp³-hybridized carbons (Fsp3) is 0.270. The molecule has 0 aliphatic rings. The normalized spacial score (nSPS) is 12.2. The van der Waals surface area contributed by atoms with E-state index in [9.17, 15) is 58.9 Å². The minimum absolute atomic E-state index is 0.00490. The van der Waals surface area contributed by atoms with Crippen molar-refractivity contribution in [3.63, 3.8) is 0 Å². The second-order valence-corrected chi connectivity index (χ2v) is 32.6. The van der Waals surface area contributed by atoms with Crippen molar-refractivity contribution in [3.8, 4) is 91.9 Å². The van der Waals surface area contributed by atoms with Crippen molar-refractivity contribution in [3.05, 3.63) is 182 Å². The number of fused-ring (bicyclic) bond motifs is 4. The molecule has 0 aliphatic carbocycles. The van der Waals surface area contributed by atoms with Gasteiger partial charge < -0.3 is 25.0 Å². The molecular weight excluding hydrogens is 1430 g/mol. The molecule has 0 amide bonds. The topological polar surface area (TPSA) is 369 Å². The maximum Gasteiger partial charge on any atom is 0.406 e. The Balaban J connectivity index is 0.000000152. The van der Waals surface area contributed by atoms with Gasteiger partial charge in [-0.15, -0.1) is 0 Å². The van der Waals surface area contributed by atoms with E-state index in [2.05, 4.69) is 108 Å². The van der Waals surface area contributed by atoms with Crippen LogP contribution in [0, 0.1) is 53.3 Å². The number of benzene rings is 1. The van der Waals surface area contributed by atoms with Crippen LogP contribution in [0.25, 0.3) is 88.1 Å². The third-order valence-electron chi connectivity index (χ3n) is 15.0. The van der Waals surface area contributed by atoms with E-state index in [1.165, 1.54) is 62.9 Å². The molecule has 1 aromatic carbocycles. The summed E-state index contributed by atoms with van der Waals surface area (Å²) in [6.45, 7) is 15.2. The fourth-order valence-corrected chi connectivity index (χ4v) is 14.5. The van der Waals surface area contributed by atoms with E-state index < -0.39 is 65.2 Å². The predicted molar refractivity (Wildman–Crippen MR) is 397 cm³/mol. The van der Waals surface area contributed by atoms with E-state index in [4.69, 9.17) is 0 Å². The van der Waals surface area contributed by atoms with E-state index in [1.54, 1.807) is 140 Å². The summed E-state index contributed by atoms with van der Waals surface area (Å²) in [5, 5.41) is 68.3. The van der Waals surface area contributed by atoms with Gasteiger partial charge in [-0.25, -0.2) is 57.1 Å². The summed E-state index contributed by atoms with van der Waals surface area (Å²) in [5.74, 6) is 21.9. The van der Waals surface area contributed by atoms with Crippen molar-refractivity contribution >= 4 is 73.7 Å². The standard InChI is InChI=1S/C22H20N4O3S.C19H22N4O3S.C17H15F3N4O.C16H16N4O3S/c1-22(2,27)9-8-18-10-19-20(17-11-24-25-12-17)14-26(21(19)13-23-18)30(28,29)15-16-6-4-3-5-7-16;1-13(2)12-27(25,26)23-11-17(14-8-21-22-9-14)16-7-15(20-10-18(16)23)5-6-19(3,4)24;1-16(2,25)4-3-12-5-13-14(11-6-22-23-7-11)9-24(10-17(18,19)20)15(13)8-21-12;1-16(2,21)5-4-12-6-13-14(11-7-18-19-8-11)10-20(24(3,22)23)15(13)9-17-12/h3-7,10-14,27H,15H2,1-2H3,(H,24,25);7-11,13,24H,12H2,1-4H3,(H,21,22);5-9,25H,10H2,1-2H3,(H,22,23);6-10,21H,1-3H3,(H,18,19). The number of pyridine rings is 4. The van der Waals surface area contributed by atoms with Gasteiger partial charge in [0, 0.05) is 116 Å². The number of nitrogens with one attached hydrogen (secondary N) is 4. The second-order valence-electron chi connectivity index (χ2n) is 27.0. The lowest BCUT2D eigenvalue weighted by Gasteiger charge is -2.09. The Hall–Kier alpha value is -11.5. The summed E-state index contributed by atoms with van der Waals surface area (Å²) in [4.78, 5) is 16.8. The lowest BCUT2D eigenvalue weighted by Crippen LogP contribution is -2.19. The van der Waals surface area contributed by atoms with Gasteiger partial charge in [-0.1, -0.05) is 67.9 Å². The van der Waals surface area contributed by atoms with E-state index in [-0.39, 0.29) is 17.4 Å². The number of nitrogens with zero attached hydrogens (tertiary/aromatic N) is 12. The number of hydrogen-bond acceptors (Lipinski definition) is 18. The SMILES string of the molecule is CC(C)(O)C#Cc1cc2c(-c3cn[nH]c3)cn(CC(F)(F)F)c2cn1.CC(C)(O)C#Cc1cc2c(-c3cn[nH]c3)cn(S(=O)(=O)Cc3ccccc3)c2cn1.CC(C)(O)C#Cc1cc2c(-c3cn[nH]c3)cn(S(C)(=O)=O)c2cn1.CC(C)CS(=O)(=O)n1cc(-c2cn[nH]c2)c2cc(C#CC(C)(C)O)ncc21. The highest BCUT2D eigenvalue weighted by atomic mass is 32.2. The van der Waals surface area contributed by atoms with Gasteiger partial charge in [0.2, 0.25) is 30.1 Å². The first kappa shape index (κ1) is 77.2. The van der Waals surface area contributed by atoms with Crippen LogP contribution in [0.1, 0.15) is 97.6 Å². The van der Waals surface area contributed by atoms with Crippen molar-refractivity contribution < 1.29 is 58.9 Å². The highest BCUT2D eigenvalue weighted by molar-refractivity contribution is 7.90. The Kier molecular flexibility index (Phi) is 22.1. The van der Waals surface area contributed by atoms with Gasteiger partial charge in [-0.2, -0.15) is 33.6 Å². The van der Waals surface area contributed by atoms with Crippen LogP contribution in [0.3, 0.4) is 0 Å². The molecule has 548 valence electrons. The average molecular weight is 1500 g/mol. The molecule has 0 radical (unpaired) electrons. The number of hydrogen-bond donors (Lipinski definition) is 8. The number of halogens is 3. The Morgan fingerprint density at radius 1 is 0.443 bits per heavy atom. The van der Waals surface area contributed by atoms with Crippen LogP contribution in [0.5, 0.6) is 0 Å². The Labute approximate surface area is 608 Å². The lowest BCUT2D eigenvalue weighted by atomic mass is 10.1. The monoisotopic (exact) mass is 1500 g/mol. The maximum atomic E-state index is 13.2. The van der Waals surface area contributed by atoms with Crippen molar-refractivity contribution in [2.75, 3.05) is 12.0 Å². The second kappa shape index (κ2) is 30.3. The molecular formula is C74H73F3N16O10S3. The number of aliphatic hydroxyl groups is 4. The molecule has 0 unspecified atom stereocenters. The molecule has 0 saturated heterocycles. The molecule has 12 aromatic heterocycles. The third-order valence-corrected chi connectivity index (χ3v) is 19.6. The van der Waals surface area contributed by atoms with E-state index in [1.807, 2.05) is 32.0 Å². The van der Waals surface area contributed by atoms with E-state index in [0.29, 0.717) is 94.2 Å². The summed E-state index contributed by atoms with van der Waals surface area (Å²) in [5.41, 5.74) is 5.20. The predicted octanol–water partition coefficient (Wildman–Crippen LogP) is 9.78. The number of aromatic nitrogens is 16. The molecule has 0 aliphatic heterocycles. The third kappa shape index (κ3) is 19.9. The molecule has 0 bridgehead atoms. The maximum absolute atomic E-state index is 13.2. The average Bonchev–Trinajstić information content (AvgIpc) is 1.62. The van der Waals surface area contributed by atoms with Gasteiger partial charge in [0.15, 0.2) is 0 Å². The smallest absolute Gasteiger partial charge is 0.378 e. The van der Waals surface area contributed by atoms with Gasteiger partial charge in [0.25, 0.3) is 0 Å². The molecule has 0 saturated carbocycles. The minimum Gasteiger partial charge on any atom is -0.378 e. The molecule has 0 fully saturated rings. The summed E-state index contributed by atoms with van der Waals surface area (Å²) in [6, 6.07) is 15.8. The van der Waals surface area contributed by atoms with Crippen LogP contribution in [-0.2, 0) is 42.4 Å². The molecule has 0 atom stereocenters. The van der Waals surface area contributed by atoms with Gasteiger partial charge in [0.05, 0.1) is 89.4 Å². The van der Waals surface area contributed by atoms with Crippen LogP contribution in [0.15, 0.2) is 154 Å². The van der Waals surface area contributed by atoms with E-state index >= 15 is 0 Å². The van der Waals surface area contributed by atoms with Crippen LogP contribution in [0.2, 0.25) is 0 Å². The highest BCUT2D eigenvalue weighted by Crippen LogP contribution is 2.36. The van der Waals surface area contributed by atoms with Crippen molar-refractivity contribution in [1.29, 1.82) is 0 Å². The summed E-state index contributed by atoms with van der Waals surface area (Å²) < 4.78 is 119. The number of aromatic amines is 4. The molecule has 106 heavy (non-hydrogen) atoms. The molecule has 0 spiro atoms. The Bertz CT molecular complexity index is 5970. The van der Waals surface area contributed by atoms with Gasteiger partial charge in [0.1, 0.15) is 51.7 Å². The van der Waals surface area contributed by atoms with Gasteiger partial charge in [-0.3, -0.25) is 20.4 Å². The molecule has 26 nitrogen and oxygen atoms in total. The summed E-state index contributed by atoms with van der Waals surface area (Å²) in [7, 11) is -10.7. The quantitative estimate of drug-likeness (QED) is 0.0527. The molecule has 12 heterocycles. The van der Waals surface area contributed by atoms with Crippen molar-refractivity contribution in [2.45, 2.75) is 110 Å². The Morgan fingerprint density at radius 2 is 0.755 bits per heavy atom. The molecule has 8 N–H and O–H groups in total. The lowest BCUT2D eigenvalue weighted by molar-refractivity contribution is -0.139. The van der Waals surface area contributed by atoms with Crippen molar-refractivity contribution in [2.24, 2.45) is 5.92 Å². The first-order chi connectivity index (χ1) is 49.6. The van der Waals surface area contributed by atoms with Crippen LogP contribution < -0.4 is 0 Å². The molecule has 13 rings (SSSR count). The molecule has 32 heteroatoms. The van der Waals surface area contributed by atoms with Crippen LogP contribution in [0.4, 0.5) is 13.2 Å². The molecule has 13 aromatic rings. The Morgan fingerprint density at radius 3 is 1.07 bits per heavy atom. The first-order valence-electron chi connectivity index (χ1n) is 32.4. The minimum atomic E-state index is -4.35. The van der Waals surface area contributed by atoms with Gasteiger partial charge >= 0.3 is 6.18 Å². The zero-order valence-corrected chi connectivity index (χ0v) is 61.5. The zero-order chi connectivity index (χ0) is 77.0. The summed E-state index contributed by atoms with van der Waals surface area (Å²) in [6.07, 6.45) is 21.9. The van der Waals surface area contributed by atoms with Crippen LogP contribution in [-0.4, -0.2) is 163 Å². The van der Waals surface area contributed by atoms with E-state index in [0.717, 1.165) is 33.1 Å². The zero-order valence-electron chi connectivity index (χ0n) is 59.1. The summed E-state index contributed by atoms with van der Waals surface area (Å²) >= 11 is 0. The number of alkyl halides is 3. The first-order valence-corrected chi connectivity index (χ1v) is 37.4. The largest absolute Gasteiger partial charge is 0.406 e. The van der Waals surface area contributed by atoms with Gasteiger partial charge in [-0.05, 0) is 115 Å².